The van der Waals surface area contributed by atoms with E-state index >= 15 is 0 Å². The van der Waals surface area contributed by atoms with E-state index in [0.717, 1.165) is 17.7 Å². The van der Waals surface area contributed by atoms with Crippen molar-refractivity contribution in [1.82, 2.24) is 20.3 Å². The fourth-order valence-electron chi connectivity index (χ4n) is 2.52. The average molecular weight is 336 g/mol. The first kappa shape index (κ1) is 16.7. The number of benzene rings is 2. The summed E-state index contributed by atoms with van der Waals surface area (Å²) in [5.74, 6) is -0.371. The molecule has 25 heavy (non-hydrogen) atoms. The molecule has 0 unspecified atom stereocenters. The first-order valence-electron chi connectivity index (χ1n) is 8.19. The van der Waals surface area contributed by atoms with Crippen LogP contribution in [-0.4, -0.2) is 26.0 Å². The van der Waals surface area contributed by atoms with Gasteiger partial charge in [0.25, 0.3) is 5.91 Å². The molecule has 2 N–H and O–H groups in total. The second kappa shape index (κ2) is 7.17. The van der Waals surface area contributed by atoms with Gasteiger partial charge in [-0.2, -0.15) is 0 Å². The maximum Gasteiger partial charge on any atom is 0.255 e. The van der Waals surface area contributed by atoms with E-state index in [2.05, 4.69) is 15.6 Å². The molecule has 0 fully saturated rings. The Morgan fingerprint density at radius 2 is 2.00 bits per heavy atom. The molecule has 0 bridgehead atoms. The summed E-state index contributed by atoms with van der Waals surface area (Å²) in [6.07, 6.45) is 2.57. The van der Waals surface area contributed by atoms with Crippen LogP contribution in [0.15, 0.2) is 54.7 Å². The summed E-state index contributed by atoms with van der Waals surface area (Å²) < 4.78 is 1.66. The van der Waals surface area contributed by atoms with Crippen molar-refractivity contribution in [1.29, 1.82) is 0 Å². The fraction of sp³-hybridized carbons (Fsp3) is 0.211. The van der Waals surface area contributed by atoms with Crippen LogP contribution in [0.3, 0.4) is 0 Å². The minimum Gasteiger partial charge on any atom is -0.507 e. The zero-order valence-electron chi connectivity index (χ0n) is 14.2. The summed E-state index contributed by atoms with van der Waals surface area (Å²) in [6, 6.07) is 14.3. The van der Waals surface area contributed by atoms with Crippen LogP contribution in [0, 0.1) is 0 Å². The molecule has 1 amide bonds. The van der Waals surface area contributed by atoms with Crippen LogP contribution in [-0.2, 0) is 6.42 Å². The number of phenolic OH excluding ortho intramolecular Hbond substituents is 1. The predicted octanol–water partition coefficient (Wildman–Crippen LogP) is 3.03. The van der Waals surface area contributed by atoms with Gasteiger partial charge >= 0.3 is 0 Å². The Bertz CT molecular complexity index is 874. The van der Waals surface area contributed by atoms with Crippen LogP contribution in [0.25, 0.3) is 5.69 Å². The number of aromatic nitrogens is 3. The summed E-state index contributed by atoms with van der Waals surface area (Å²) in [6.45, 7) is 3.83. The minimum atomic E-state index is -0.338. The number of phenols is 1. The molecule has 0 saturated heterocycles. The molecule has 6 nitrogen and oxygen atoms in total. The summed E-state index contributed by atoms with van der Waals surface area (Å²) in [4.78, 5) is 12.5. The monoisotopic (exact) mass is 336 g/mol. The van der Waals surface area contributed by atoms with Gasteiger partial charge in [0.1, 0.15) is 11.4 Å². The molecular weight excluding hydrogens is 316 g/mol. The van der Waals surface area contributed by atoms with Crippen molar-refractivity contribution in [3.8, 4) is 11.4 Å². The van der Waals surface area contributed by atoms with E-state index in [0.29, 0.717) is 5.69 Å². The van der Waals surface area contributed by atoms with Gasteiger partial charge in [0.2, 0.25) is 0 Å². The quantitative estimate of drug-likeness (QED) is 0.750. The molecule has 0 aliphatic heterocycles. The Hall–Kier alpha value is -3.15. The average Bonchev–Trinajstić information content (AvgIpc) is 3.13. The zero-order valence-corrected chi connectivity index (χ0v) is 14.2. The lowest BCUT2D eigenvalue weighted by Crippen LogP contribution is -2.27. The van der Waals surface area contributed by atoms with E-state index in [9.17, 15) is 9.90 Å². The number of carbonyl (C=O) groups excluding carboxylic acids is 1. The van der Waals surface area contributed by atoms with Crippen molar-refractivity contribution < 1.29 is 9.90 Å². The van der Waals surface area contributed by atoms with Crippen molar-refractivity contribution in [3.05, 3.63) is 71.5 Å². The highest BCUT2D eigenvalue weighted by molar-refractivity contribution is 5.97. The molecule has 0 spiro atoms. The van der Waals surface area contributed by atoms with Crippen molar-refractivity contribution >= 4 is 5.91 Å². The molecule has 1 aromatic heterocycles. The number of carbonyl (C=O) groups is 1. The summed E-state index contributed by atoms with van der Waals surface area (Å²) >= 11 is 0. The van der Waals surface area contributed by atoms with Crippen LogP contribution < -0.4 is 5.32 Å². The number of amides is 1. The summed E-state index contributed by atoms with van der Waals surface area (Å²) in [5, 5.41) is 21.0. The Morgan fingerprint density at radius 1 is 1.24 bits per heavy atom. The Kier molecular flexibility index (Phi) is 4.79. The van der Waals surface area contributed by atoms with Crippen molar-refractivity contribution in [2.24, 2.45) is 0 Å². The maximum absolute atomic E-state index is 12.5. The molecule has 2 aromatic carbocycles. The van der Waals surface area contributed by atoms with E-state index in [1.54, 1.807) is 29.1 Å². The lowest BCUT2D eigenvalue weighted by Gasteiger charge is -2.12. The Balaban J connectivity index is 1.75. The Morgan fingerprint density at radius 3 is 2.72 bits per heavy atom. The van der Waals surface area contributed by atoms with Gasteiger partial charge in [-0.15, -0.1) is 5.10 Å². The SMILES string of the molecule is CCc1ccc(O)c(C(=O)N[C@H](C)c2cn(-c3ccccc3)nn2)c1. The van der Waals surface area contributed by atoms with Gasteiger partial charge in [0.15, 0.2) is 0 Å². The van der Waals surface area contributed by atoms with E-state index in [1.165, 1.54) is 0 Å². The highest BCUT2D eigenvalue weighted by atomic mass is 16.3. The molecule has 0 saturated carbocycles. The molecule has 0 aliphatic carbocycles. The third kappa shape index (κ3) is 3.68. The van der Waals surface area contributed by atoms with E-state index in [-0.39, 0.29) is 23.3 Å². The highest BCUT2D eigenvalue weighted by Crippen LogP contribution is 2.20. The smallest absolute Gasteiger partial charge is 0.255 e. The van der Waals surface area contributed by atoms with Crippen LogP contribution in [0.5, 0.6) is 5.75 Å². The standard InChI is InChI=1S/C19H20N4O2/c1-3-14-9-10-18(24)16(11-14)19(25)20-13(2)17-12-23(22-21-17)15-7-5-4-6-8-15/h4-13,24H,3H2,1-2H3,(H,20,25)/t13-/m1/s1. The van der Waals surface area contributed by atoms with Crippen molar-refractivity contribution in [2.45, 2.75) is 26.3 Å². The van der Waals surface area contributed by atoms with Gasteiger partial charge in [-0.25, -0.2) is 4.68 Å². The van der Waals surface area contributed by atoms with Crippen molar-refractivity contribution in [3.63, 3.8) is 0 Å². The number of nitrogens with zero attached hydrogens (tertiary/aromatic N) is 3. The first-order chi connectivity index (χ1) is 12.1. The topological polar surface area (TPSA) is 80.0 Å². The maximum atomic E-state index is 12.5. The molecule has 1 heterocycles. The number of nitrogens with one attached hydrogen (secondary N) is 1. The number of rotatable bonds is 5. The third-order valence-electron chi connectivity index (χ3n) is 4.04. The van der Waals surface area contributed by atoms with Gasteiger partial charge in [-0.3, -0.25) is 4.79 Å². The second-order valence-corrected chi connectivity index (χ2v) is 5.82. The molecular formula is C19H20N4O2. The van der Waals surface area contributed by atoms with Gasteiger partial charge in [-0.1, -0.05) is 36.4 Å². The molecule has 1 atom stereocenters. The van der Waals surface area contributed by atoms with Crippen LogP contribution in [0.2, 0.25) is 0 Å². The third-order valence-corrected chi connectivity index (χ3v) is 4.04. The normalized spacial score (nSPS) is 11.9. The number of hydrogen-bond acceptors (Lipinski definition) is 4. The van der Waals surface area contributed by atoms with E-state index in [4.69, 9.17) is 0 Å². The lowest BCUT2D eigenvalue weighted by atomic mass is 10.1. The van der Waals surface area contributed by atoms with Crippen LogP contribution >= 0.6 is 0 Å². The molecule has 6 heteroatoms. The van der Waals surface area contributed by atoms with E-state index in [1.807, 2.05) is 44.2 Å². The highest BCUT2D eigenvalue weighted by Gasteiger charge is 2.17. The summed E-state index contributed by atoms with van der Waals surface area (Å²) in [5.41, 5.74) is 2.80. The Labute approximate surface area is 146 Å². The molecule has 0 aliphatic rings. The van der Waals surface area contributed by atoms with Gasteiger partial charge in [0, 0.05) is 0 Å². The van der Waals surface area contributed by atoms with E-state index < -0.39 is 0 Å². The van der Waals surface area contributed by atoms with Gasteiger partial charge < -0.3 is 10.4 Å². The van der Waals surface area contributed by atoms with Gasteiger partial charge in [0.05, 0.1) is 23.5 Å². The molecule has 3 rings (SSSR count). The summed E-state index contributed by atoms with van der Waals surface area (Å²) in [7, 11) is 0. The number of hydrogen-bond donors (Lipinski definition) is 2. The first-order valence-corrected chi connectivity index (χ1v) is 8.19. The number of para-hydroxylation sites is 1. The fourth-order valence-corrected chi connectivity index (χ4v) is 2.52. The predicted molar refractivity (Wildman–Crippen MR) is 94.7 cm³/mol. The van der Waals surface area contributed by atoms with Gasteiger partial charge in [-0.05, 0) is 43.2 Å². The minimum absolute atomic E-state index is 0.0326. The molecule has 128 valence electrons. The number of aromatic hydroxyl groups is 1. The molecule has 0 radical (unpaired) electrons. The van der Waals surface area contributed by atoms with Crippen LogP contribution in [0.4, 0.5) is 0 Å². The largest absolute Gasteiger partial charge is 0.507 e. The number of aryl methyl sites for hydroxylation is 1. The zero-order chi connectivity index (χ0) is 17.8. The van der Waals surface area contributed by atoms with Crippen molar-refractivity contribution in [2.75, 3.05) is 0 Å². The van der Waals surface area contributed by atoms with Crippen LogP contribution in [0.1, 0.15) is 41.5 Å². The second-order valence-electron chi connectivity index (χ2n) is 5.82. The lowest BCUT2D eigenvalue weighted by molar-refractivity contribution is 0.0936. The molecule has 3 aromatic rings.